The number of alkyl halides is 1. The minimum atomic E-state index is -0.397. The Kier molecular flexibility index (Phi) is 4.14. The van der Waals surface area contributed by atoms with Gasteiger partial charge in [-0.1, -0.05) is 17.7 Å². The Bertz CT molecular complexity index is 302. The van der Waals surface area contributed by atoms with E-state index in [1.807, 2.05) is 25.1 Å². The number of rotatable bonds is 3. The first-order chi connectivity index (χ1) is 6.22. The van der Waals surface area contributed by atoms with E-state index in [-0.39, 0.29) is 0 Å². The standard InChI is InChI=1S/C10H10ClNS/c1-8-2-4-10(5-3-8)13-7-9(11)6-12/h2-5,9H,7H2,1H3. The second kappa shape index (κ2) is 5.16. The lowest BCUT2D eigenvalue weighted by molar-refractivity contribution is 1.24. The average molecular weight is 212 g/mol. The molecule has 13 heavy (non-hydrogen) atoms. The van der Waals surface area contributed by atoms with Gasteiger partial charge in [-0.2, -0.15) is 5.26 Å². The van der Waals surface area contributed by atoms with Crippen LogP contribution in [0.25, 0.3) is 0 Å². The number of hydrogen-bond donors (Lipinski definition) is 0. The summed E-state index contributed by atoms with van der Waals surface area (Å²) in [4.78, 5) is 1.16. The molecule has 0 spiro atoms. The fourth-order valence-electron chi connectivity index (χ4n) is 0.841. The summed E-state index contributed by atoms with van der Waals surface area (Å²) in [5.74, 6) is 0.640. The van der Waals surface area contributed by atoms with Gasteiger partial charge in [-0.05, 0) is 19.1 Å². The van der Waals surface area contributed by atoms with Crippen molar-refractivity contribution in [2.45, 2.75) is 17.2 Å². The van der Waals surface area contributed by atoms with Crippen LogP contribution in [0.1, 0.15) is 5.56 Å². The molecule has 0 aliphatic rings. The van der Waals surface area contributed by atoms with Gasteiger partial charge in [-0.15, -0.1) is 23.4 Å². The monoisotopic (exact) mass is 211 g/mol. The second-order valence-electron chi connectivity index (χ2n) is 2.72. The van der Waals surface area contributed by atoms with Gasteiger partial charge in [0.1, 0.15) is 5.38 Å². The summed E-state index contributed by atoms with van der Waals surface area (Å²) in [6.45, 7) is 2.05. The molecule has 0 aromatic heterocycles. The molecule has 1 aromatic carbocycles. The largest absolute Gasteiger partial charge is 0.197 e. The van der Waals surface area contributed by atoms with Gasteiger partial charge in [0.25, 0.3) is 0 Å². The molecule has 0 N–H and O–H groups in total. The summed E-state index contributed by atoms with van der Waals surface area (Å²) in [6, 6.07) is 10.2. The number of halogens is 1. The van der Waals surface area contributed by atoms with Crippen molar-refractivity contribution in [2.75, 3.05) is 5.75 Å². The minimum Gasteiger partial charge on any atom is -0.197 e. The third-order valence-electron chi connectivity index (χ3n) is 1.56. The molecule has 3 heteroatoms. The maximum absolute atomic E-state index is 8.46. The Morgan fingerprint density at radius 2 is 2.08 bits per heavy atom. The summed E-state index contributed by atoms with van der Waals surface area (Å²) < 4.78 is 0. The first-order valence-electron chi connectivity index (χ1n) is 3.95. The Morgan fingerprint density at radius 1 is 1.46 bits per heavy atom. The smallest absolute Gasteiger partial charge is 0.129 e. The fourth-order valence-corrected chi connectivity index (χ4v) is 1.77. The number of nitrogens with zero attached hydrogens (tertiary/aromatic N) is 1. The van der Waals surface area contributed by atoms with E-state index in [0.29, 0.717) is 5.75 Å². The first-order valence-corrected chi connectivity index (χ1v) is 5.37. The van der Waals surface area contributed by atoms with Crippen LogP contribution in [-0.4, -0.2) is 11.1 Å². The lowest BCUT2D eigenvalue weighted by Gasteiger charge is -2.01. The summed E-state index contributed by atoms with van der Waals surface area (Å²) in [5, 5.41) is 8.06. The summed E-state index contributed by atoms with van der Waals surface area (Å²) in [5.41, 5.74) is 1.24. The third-order valence-corrected chi connectivity index (χ3v) is 3.10. The SMILES string of the molecule is Cc1ccc(SCC(Cl)C#N)cc1. The first kappa shape index (κ1) is 10.4. The highest BCUT2D eigenvalue weighted by molar-refractivity contribution is 7.99. The van der Waals surface area contributed by atoms with Crippen LogP contribution >= 0.6 is 23.4 Å². The van der Waals surface area contributed by atoms with Gasteiger partial charge in [-0.25, -0.2) is 0 Å². The van der Waals surface area contributed by atoms with Gasteiger partial charge >= 0.3 is 0 Å². The number of hydrogen-bond acceptors (Lipinski definition) is 2. The zero-order valence-corrected chi connectivity index (χ0v) is 8.90. The summed E-state index contributed by atoms with van der Waals surface area (Å²) >= 11 is 7.27. The normalized spacial score (nSPS) is 12.1. The number of thioether (sulfide) groups is 1. The number of nitriles is 1. The van der Waals surface area contributed by atoms with Crippen LogP contribution in [0.4, 0.5) is 0 Å². The van der Waals surface area contributed by atoms with E-state index >= 15 is 0 Å². The van der Waals surface area contributed by atoms with Gasteiger partial charge in [0.15, 0.2) is 0 Å². The molecule has 0 saturated heterocycles. The average Bonchev–Trinajstić information content (AvgIpc) is 2.16. The van der Waals surface area contributed by atoms with Crippen molar-refractivity contribution < 1.29 is 0 Å². The molecule has 0 fully saturated rings. The molecule has 1 nitrogen and oxygen atoms in total. The molecule has 1 rings (SSSR count). The van der Waals surface area contributed by atoms with Crippen molar-refractivity contribution in [1.29, 1.82) is 5.26 Å². The van der Waals surface area contributed by atoms with E-state index < -0.39 is 5.38 Å². The molecule has 68 valence electrons. The highest BCUT2D eigenvalue weighted by Gasteiger charge is 2.02. The van der Waals surface area contributed by atoms with Gasteiger partial charge < -0.3 is 0 Å². The molecular weight excluding hydrogens is 202 g/mol. The predicted octanol–water partition coefficient (Wildman–Crippen LogP) is 3.22. The molecule has 0 saturated carbocycles. The van der Waals surface area contributed by atoms with Gasteiger partial charge in [0, 0.05) is 10.6 Å². The highest BCUT2D eigenvalue weighted by Crippen LogP contribution is 2.20. The molecular formula is C10H10ClNS. The Hall–Kier alpha value is -0.650. The van der Waals surface area contributed by atoms with E-state index in [2.05, 4.69) is 12.1 Å². The number of aryl methyl sites for hydroxylation is 1. The minimum absolute atomic E-state index is 0.397. The van der Waals surface area contributed by atoms with E-state index in [4.69, 9.17) is 16.9 Å². The summed E-state index contributed by atoms with van der Waals surface area (Å²) in [7, 11) is 0. The topological polar surface area (TPSA) is 23.8 Å². The predicted molar refractivity (Wildman–Crippen MR) is 57.2 cm³/mol. The van der Waals surface area contributed by atoms with Crippen LogP contribution in [0.5, 0.6) is 0 Å². The van der Waals surface area contributed by atoms with Crippen LogP contribution in [0, 0.1) is 18.3 Å². The van der Waals surface area contributed by atoms with E-state index in [0.717, 1.165) is 4.90 Å². The van der Waals surface area contributed by atoms with Gasteiger partial charge in [0.2, 0.25) is 0 Å². The fraction of sp³-hybridized carbons (Fsp3) is 0.300. The van der Waals surface area contributed by atoms with Crippen molar-refractivity contribution in [2.24, 2.45) is 0 Å². The van der Waals surface area contributed by atoms with E-state index in [1.165, 1.54) is 5.56 Å². The molecule has 0 aliphatic carbocycles. The van der Waals surface area contributed by atoms with Crippen molar-refractivity contribution in [3.63, 3.8) is 0 Å². The molecule has 0 aliphatic heterocycles. The molecule has 1 atom stereocenters. The van der Waals surface area contributed by atoms with Gasteiger partial charge in [0.05, 0.1) is 6.07 Å². The molecule has 0 radical (unpaired) electrons. The highest BCUT2D eigenvalue weighted by atomic mass is 35.5. The molecule has 0 heterocycles. The molecule has 1 unspecified atom stereocenters. The van der Waals surface area contributed by atoms with Crippen molar-refractivity contribution >= 4 is 23.4 Å². The lowest BCUT2D eigenvalue weighted by atomic mass is 10.2. The van der Waals surface area contributed by atoms with Crippen LogP contribution in [0.2, 0.25) is 0 Å². The van der Waals surface area contributed by atoms with Crippen LogP contribution in [0.3, 0.4) is 0 Å². The summed E-state index contributed by atoms with van der Waals surface area (Å²) in [6.07, 6.45) is 0. The van der Waals surface area contributed by atoms with Crippen LogP contribution in [0.15, 0.2) is 29.2 Å². The second-order valence-corrected chi connectivity index (χ2v) is 4.34. The molecule has 1 aromatic rings. The molecule has 0 amide bonds. The van der Waals surface area contributed by atoms with Crippen molar-refractivity contribution in [1.82, 2.24) is 0 Å². The lowest BCUT2D eigenvalue weighted by Crippen LogP contribution is -1.96. The van der Waals surface area contributed by atoms with E-state index in [9.17, 15) is 0 Å². The zero-order chi connectivity index (χ0) is 9.68. The van der Waals surface area contributed by atoms with E-state index in [1.54, 1.807) is 11.8 Å². The third kappa shape index (κ3) is 3.71. The Labute approximate surface area is 87.7 Å². The Balaban J connectivity index is 2.47. The quantitative estimate of drug-likeness (QED) is 0.566. The van der Waals surface area contributed by atoms with Crippen molar-refractivity contribution in [3.05, 3.63) is 29.8 Å². The molecule has 0 bridgehead atoms. The van der Waals surface area contributed by atoms with Crippen LogP contribution < -0.4 is 0 Å². The Morgan fingerprint density at radius 3 is 2.62 bits per heavy atom. The maximum atomic E-state index is 8.46. The van der Waals surface area contributed by atoms with Crippen molar-refractivity contribution in [3.8, 4) is 6.07 Å². The van der Waals surface area contributed by atoms with Gasteiger partial charge in [-0.3, -0.25) is 0 Å². The zero-order valence-electron chi connectivity index (χ0n) is 7.33. The maximum Gasteiger partial charge on any atom is 0.129 e. The number of benzene rings is 1. The van der Waals surface area contributed by atoms with Crippen LogP contribution in [-0.2, 0) is 0 Å².